The van der Waals surface area contributed by atoms with Crippen molar-refractivity contribution in [2.45, 2.75) is 26.3 Å². The Morgan fingerprint density at radius 1 is 1.06 bits per heavy atom. The topological polar surface area (TPSA) is 54.3 Å². The summed E-state index contributed by atoms with van der Waals surface area (Å²) in [5.74, 6) is -0.398. The highest BCUT2D eigenvalue weighted by Crippen LogP contribution is 2.29. The van der Waals surface area contributed by atoms with Gasteiger partial charge in [0.2, 0.25) is 5.91 Å². The minimum atomic E-state index is -0.275. The molecule has 0 aliphatic carbocycles. The van der Waals surface area contributed by atoms with Gasteiger partial charge in [0, 0.05) is 31.2 Å². The Hall–Kier alpha value is -3.45. The lowest BCUT2D eigenvalue weighted by Gasteiger charge is -2.31. The predicted octanol–water partition coefficient (Wildman–Crippen LogP) is 5.69. The van der Waals surface area contributed by atoms with Crippen molar-refractivity contribution in [3.05, 3.63) is 88.7 Å². The Morgan fingerprint density at radius 2 is 1.79 bits per heavy atom. The van der Waals surface area contributed by atoms with Crippen LogP contribution >= 0.6 is 11.3 Å². The van der Waals surface area contributed by atoms with Crippen molar-refractivity contribution in [3.8, 4) is 0 Å². The highest BCUT2D eigenvalue weighted by Gasteiger charge is 2.30. The van der Waals surface area contributed by atoms with Gasteiger partial charge in [-0.2, -0.15) is 0 Å². The van der Waals surface area contributed by atoms with Gasteiger partial charge in [0.15, 0.2) is 0 Å². The molecule has 0 unspecified atom stereocenters. The third-order valence-electron chi connectivity index (χ3n) is 6.55. The van der Waals surface area contributed by atoms with Crippen molar-refractivity contribution in [1.29, 1.82) is 0 Å². The van der Waals surface area contributed by atoms with Crippen LogP contribution in [0.25, 0.3) is 10.2 Å². The molecule has 0 saturated carbocycles. The fourth-order valence-corrected chi connectivity index (χ4v) is 5.37. The van der Waals surface area contributed by atoms with E-state index in [1.165, 1.54) is 12.1 Å². The zero-order chi connectivity index (χ0) is 23.7. The summed E-state index contributed by atoms with van der Waals surface area (Å²) in [4.78, 5) is 28.1. The maximum atomic E-state index is 13.5. The first-order valence-corrected chi connectivity index (χ1v) is 12.3. The highest BCUT2D eigenvalue weighted by atomic mass is 32.1. The van der Waals surface area contributed by atoms with Crippen molar-refractivity contribution in [2.24, 2.45) is 5.92 Å². The van der Waals surface area contributed by atoms with Gasteiger partial charge < -0.3 is 14.8 Å². The molecule has 2 amide bonds. The summed E-state index contributed by atoms with van der Waals surface area (Å²) in [7, 11) is 0. The first kappa shape index (κ1) is 22.3. The van der Waals surface area contributed by atoms with Crippen LogP contribution in [-0.2, 0) is 11.3 Å². The lowest BCUT2D eigenvalue weighted by molar-refractivity contribution is -0.121. The lowest BCUT2D eigenvalue weighted by Crippen LogP contribution is -2.42. The summed E-state index contributed by atoms with van der Waals surface area (Å²) < 4.78 is 16.4. The van der Waals surface area contributed by atoms with Crippen LogP contribution in [0.1, 0.15) is 34.5 Å². The number of hydrogen-bond donors (Lipinski definition) is 1. The fourth-order valence-electron chi connectivity index (χ4n) is 4.55. The van der Waals surface area contributed by atoms with Crippen LogP contribution < -0.4 is 5.32 Å². The lowest BCUT2D eigenvalue weighted by atomic mass is 9.95. The number of anilines is 1. The zero-order valence-corrected chi connectivity index (χ0v) is 19.8. The molecule has 1 N–H and O–H groups in total. The highest BCUT2D eigenvalue weighted by molar-refractivity contribution is 7.17. The number of likely N-dealkylation sites (tertiary alicyclic amines) is 1. The molecule has 0 radical (unpaired) electrons. The van der Waals surface area contributed by atoms with Crippen molar-refractivity contribution in [2.75, 3.05) is 18.4 Å². The van der Waals surface area contributed by atoms with Crippen LogP contribution in [0.5, 0.6) is 0 Å². The molecule has 1 fully saturated rings. The van der Waals surface area contributed by atoms with Gasteiger partial charge >= 0.3 is 0 Å². The van der Waals surface area contributed by atoms with E-state index in [2.05, 4.69) is 5.32 Å². The molecule has 1 saturated heterocycles. The maximum absolute atomic E-state index is 13.5. The second-order valence-electron chi connectivity index (χ2n) is 8.78. The van der Waals surface area contributed by atoms with Gasteiger partial charge in [-0.05, 0) is 66.6 Å². The van der Waals surface area contributed by atoms with Crippen LogP contribution in [0.3, 0.4) is 0 Å². The second kappa shape index (κ2) is 9.43. The molecule has 34 heavy (non-hydrogen) atoms. The molecule has 0 atom stereocenters. The third kappa shape index (κ3) is 4.48. The van der Waals surface area contributed by atoms with Crippen LogP contribution in [-0.4, -0.2) is 34.4 Å². The summed E-state index contributed by atoms with van der Waals surface area (Å²) in [5, 5.41) is 5.05. The van der Waals surface area contributed by atoms with E-state index >= 15 is 0 Å². The van der Waals surface area contributed by atoms with Gasteiger partial charge in [0.05, 0.1) is 10.2 Å². The molecule has 174 valence electrons. The Balaban J connectivity index is 1.29. The SMILES string of the molecule is Cc1ccccc1NC(=O)C1CCN(C(=O)c2cc3sccc3n2Cc2ccc(F)cc2)CC1. The van der Waals surface area contributed by atoms with Crippen molar-refractivity contribution in [1.82, 2.24) is 9.47 Å². The molecule has 7 heteroatoms. The number of fused-ring (bicyclic) bond motifs is 1. The number of halogens is 1. The Morgan fingerprint density at radius 3 is 2.53 bits per heavy atom. The fraction of sp³-hybridized carbons (Fsp3) is 0.259. The molecule has 2 aromatic carbocycles. The summed E-state index contributed by atoms with van der Waals surface area (Å²) >= 11 is 1.60. The van der Waals surface area contributed by atoms with Crippen molar-refractivity contribution in [3.63, 3.8) is 0 Å². The van der Waals surface area contributed by atoms with E-state index in [-0.39, 0.29) is 23.5 Å². The summed E-state index contributed by atoms with van der Waals surface area (Å²) in [6.07, 6.45) is 1.27. The molecule has 0 spiro atoms. The number of thiophene rings is 1. The smallest absolute Gasteiger partial charge is 0.270 e. The maximum Gasteiger partial charge on any atom is 0.270 e. The Kier molecular flexibility index (Phi) is 6.20. The van der Waals surface area contributed by atoms with Crippen LogP contribution in [0.2, 0.25) is 0 Å². The van der Waals surface area contributed by atoms with E-state index in [0.29, 0.717) is 38.2 Å². The van der Waals surface area contributed by atoms with E-state index in [9.17, 15) is 14.0 Å². The van der Waals surface area contributed by atoms with Gasteiger partial charge in [-0.1, -0.05) is 30.3 Å². The average Bonchev–Trinajstić information content (AvgIpc) is 3.44. The van der Waals surface area contributed by atoms with Gasteiger partial charge in [-0.3, -0.25) is 9.59 Å². The number of nitrogens with one attached hydrogen (secondary N) is 1. The average molecular weight is 476 g/mol. The molecule has 3 heterocycles. The number of rotatable bonds is 5. The minimum Gasteiger partial charge on any atom is -0.337 e. The normalized spacial score (nSPS) is 14.5. The van der Waals surface area contributed by atoms with E-state index in [1.807, 2.05) is 58.2 Å². The number of piperidine rings is 1. The quantitative estimate of drug-likeness (QED) is 0.403. The first-order chi connectivity index (χ1) is 16.5. The molecular weight excluding hydrogens is 449 g/mol. The number of amides is 2. The summed E-state index contributed by atoms with van der Waals surface area (Å²) in [6.45, 7) is 3.56. The number of carbonyl (C=O) groups excluding carboxylic acids is 2. The molecule has 1 aliphatic rings. The summed E-state index contributed by atoms with van der Waals surface area (Å²) in [5.41, 5.74) is 4.44. The third-order valence-corrected chi connectivity index (χ3v) is 7.40. The molecule has 2 aromatic heterocycles. The second-order valence-corrected chi connectivity index (χ2v) is 9.73. The monoisotopic (exact) mass is 475 g/mol. The molecular formula is C27H26FN3O2S. The van der Waals surface area contributed by atoms with Crippen LogP contribution in [0.4, 0.5) is 10.1 Å². The number of hydrogen-bond acceptors (Lipinski definition) is 3. The predicted molar refractivity (Wildman–Crippen MR) is 134 cm³/mol. The van der Waals surface area contributed by atoms with E-state index in [4.69, 9.17) is 0 Å². The number of aryl methyl sites for hydroxylation is 1. The molecule has 4 aromatic rings. The number of nitrogens with zero attached hydrogens (tertiary/aromatic N) is 2. The number of benzene rings is 2. The van der Waals surface area contributed by atoms with Crippen molar-refractivity contribution >= 4 is 39.1 Å². The van der Waals surface area contributed by atoms with Gasteiger partial charge in [-0.15, -0.1) is 11.3 Å². The molecule has 5 nitrogen and oxygen atoms in total. The standard InChI is InChI=1S/C27H26FN3O2S/c1-18-4-2-3-5-22(18)29-26(32)20-10-13-30(14-11-20)27(33)24-16-25-23(12-15-34-25)31(24)17-19-6-8-21(28)9-7-19/h2-9,12,15-16,20H,10-11,13-14,17H2,1H3,(H,29,32). The van der Waals surface area contributed by atoms with Crippen molar-refractivity contribution < 1.29 is 14.0 Å². The summed E-state index contributed by atoms with van der Waals surface area (Å²) in [6, 6.07) is 18.1. The molecule has 0 bridgehead atoms. The van der Waals surface area contributed by atoms with Gasteiger partial charge in [0.1, 0.15) is 11.5 Å². The molecule has 1 aliphatic heterocycles. The van der Waals surface area contributed by atoms with E-state index in [0.717, 1.165) is 27.0 Å². The number of para-hydroxylation sites is 1. The van der Waals surface area contributed by atoms with E-state index < -0.39 is 0 Å². The van der Waals surface area contributed by atoms with Gasteiger partial charge in [0.25, 0.3) is 5.91 Å². The first-order valence-electron chi connectivity index (χ1n) is 11.5. The Labute approximate surface area is 201 Å². The van der Waals surface area contributed by atoms with Gasteiger partial charge in [-0.25, -0.2) is 4.39 Å². The van der Waals surface area contributed by atoms with Crippen LogP contribution in [0, 0.1) is 18.7 Å². The van der Waals surface area contributed by atoms with E-state index in [1.54, 1.807) is 23.5 Å². The largest absolute Gasteiger partial charge is 0.337 e. The molecule has 5 rings (SSSR count). The minimum absolute atomic E-state index is 0.0154. The Bertz CT molecular complexity index is 1330. The number of aromatic nitrogens is 1. The van der Waals surface area contributed by atoms with Crippen LogP contribution in [0.15, 0.2) is 66.0 Å². The zero-order valence-electron chi connectivity index (χ0n) is 19.0. The number of carbonyl (C=O) groups is 2.